The maximum absolute atomic E-state index is 12.7. The first-order valence-corrected chi connectivity index (χ1v) is 9.37. The highest BCUT2D eigenvalue weighted by molar-refractivity contribution is 7.89. The van der Waals surface area contributed by atoms with Crippen LogP contribution in [0.2, 0.25) is 0 Å². The average molecular weight is 309 g/mol. The van der Waals surface area contributed by atoms with Gasteiger partial charge in [0.05, 0.1) is 4.90 Å². The Bertz CT molecular complexity index is 580. The third-order valence-electron chi connectivity index (χ3n) is 4.71. The van der Waals surface area contributed by atoms with Crippen LogP contribution in [0.5, 0.6) is 0 Å². The maximum atomic E-state index is 12.7. The molecule has 0 amide bonds. The van der Waals surface area contributed by atoms with Crippen molar-refractivity contribution in [1.29, 1.82) is 0 Å². The summed E-state index contributed by atoms with van der Waals surface area (Å²) < 4.78 is 28.4. The molecule has 1 N–H and O–H groups in total. The van der Waals surface area contributed by atoms with Crippen LogP contribution in [0.3, 0.4) is 0 Å². The molecule has 1 aromatic rings. The van der Waals surface area contributed by atoms with Crippen LogP contribution in [0, 0.1) is 24.7 Å². The van der Waals surface area contributed by atoms with Gasteiger partial charge < -0.3 is 0 Å². The van der Waals surface area contributed by atoms with Gasteiger partial charge in [-0.25, -0.2) is 13.1 Å². The van der Waals surface area contributed by atoms with E-state index in [4.69, 9.17) is 0 Å². The van der Waals surface area contributed by atoms with Gasteiger partial charge in [-0.2, -0.15) is 0 Å². The van der Waals surface area contributed by atoms with Crippen LogP contribution in [0.4, 0.5) is 0 Å². The molecular weight excluding hydrogens is 282 g/mol. The van der Waals surface area contributed by atoms with Crippen molar-refractivity contribution in [3.8, 4) is 0 Å². The van der Waals surface area contributed by atoms with Crippen molar-refractivity contribution in [3.63, 3.8) is 0 Å². The van der Waals surface area contributed by atoms with Gasteiger partial charge in [0.15, 0.2) is 0 Å². The summed E-state index contributed by atoms with van der Waals surface area (Å²) in [6, 6.07) is 7.24. The minimum Gasteiger partial charge on any atom is -0.208 e. The quantitative estimate of drug-likeness (QED) is 0.921. The number of hydrogen-bond acceptors (Lipinski definition) is 2. The Morgan fingerprint density at radius 3 is 2.48 bits per heavy atom. The molecule has 1 aliphatic rings. The first kappa shape index (κ1) is 16.5. The molecule has 0 saturated heterocycles. The van der Waals surface area contributed by atoms with Crippen molar-refractivity contribution in [2.45, 2.75) is 57.9 Å². The second kappa shape index (κ2) is 6.49. The predicted octanol–water partition coefficient (Wildman–Crippen LogP) is 3.73. The molecule has 1 saturated carbocycles. The summed E-state index contributed by atoms with van der Waals surface area (Å²) in [6.07, 6.45) is 3.25. The lowest BCUT2D eigenvalue weighted by Crippen LogP contribution is -2.45. The Kier molecular flexibility index (Phi) is 5.10. The lowest BCUT2D eigenvalue weighted by molar-refractivity contribution is 0.188. The fourth-order valence-electron chi connectivity index (χ4n) is 3.46. The summed E-state index contributed by atoms with van der Waals surface area (Å²) in [5.41, 5.74) is 0.801. The smallest absolute Gasteiger partial charge is 0.208 e. The van der Waals surface area contributed by atoms with Crippen LogP contribution >= 0.6 is 0 Å². The Hall–Kier alpha value is -0.870. The fraction of sp³-hybridized carbons (Fsp3) is 0.647. The van der Waals surface area contributed by atoms with Crippen molar-refractivity contribution in [2.24, 2.45) is 17.8 Å². The number of benzene rings is 1. The number of aryl methyl sites for hydroxylation is 1. The molecule has 0 radical (unpaired) electrons. The largest absolute Gasteiger partial charge is 0.241 e. The van der Waals surface area contributed by atoms with Crippen molar-refractivity contribution in [2.75, 3.05) is 0 Å². The number of hydrogen-bond donors (Lipinski definition) is 1. The van der Waals surface area contributed by atoms with Gasteiger partial charge in [0.25, 0.3) is 0 Å². The maximum Gasteiger partial charge on any atom is 0.241 e. The molecule has 21 heavy (non-hydrogen) atoms. The second-order valence-corrected chi connectivity index (χ2v) is 8.50. The lowest BCUT2D eigenvalue weighted by atomic mass is 9.74. The Balaban J connectivity index is 2.23. The lowest BCUT2D eigenvalue weighted by Gasteiger charge is -2.37. The summed E-state index contributed by atoms with van der Waals surface area (Å²) in [7, 11) is -3.43. The van der Waals surface area contributed by atoms with Crippen LogP contribution < -0.4 is 4.72 Å². The van der Waals surface area contributed by atoms with Gasteiger partial charge in [0, 0.05) is 6.04 Å². The van der Waals surface area contributed by atoms with Crippen molar-refractivity contribution in [3.05, 3.63) is 29.8 Å². The first-order valence-electron chi connectivity index (χ1n) is 7.89. The van der Waals surface area contributed by atoms with E-state index in [9.17, 15) is 8.42 Å². The first-order chi connectivity index (χ1) is 9.81. The Labute approximate surface area is 129 Å². The molecule has 3 nitrogen and oxygen atoms in total. The predicted molar refractivity (Wildman–Crippen MR) is 86.6 cm³/mol. The van der Waals surface area contributed by atoms with E-state index in [1.807, 2.05) is 19.1 Å². The van der Waals surface area contributed by atoms with E-state index in [0.717, 1.165) is 18.4 Å². The highest BCUT2D eigenvalue weighted by Crippen LogP contribution is 2.34. The third kappa shape index (κ3) is 3.86. The molecule has 2 rings (SSSR count). The molecule has 4 heteroatoms. The van der Waals surface area contributed by atoms with Crippen molar-refractivity contribution in [1.82, 2.24) is 4.72 Å². The molecule has 0 bridgehead atoms. The number of sulfonamides is 1. The minimum atomic E-state index is -3.43. The van der Waals surface area contributed by atoms with Crippen LogP contribution in [0.15, 0.2) is 29.2 Å². The standard InChI is InChI=1S/C17H27NO2S/c1-12(2)15-10-9-13(3)11-16(15)18-21(19,20)17-8-6-5-7-14(17)4/h5-8,12-13,15-16,18H,9-11H2,1-4H3. The van der Waals surface area contributed by atoms with E-state index in [0.29, 0.717) is 22.6 Å². The van der Waals surface area contributed by atoms with Crippen LogP contribution in [0.1, 0.15) is 45.6 Å². The Morgan fingerprint density at radius 1 is 1.19 bits per heavy atom. The van der Waals surface area contributed by atoms with E-state index >= 15 is 0 Å². The summed E-state index contributed by atoms with van der Waals surface area (Å²) in [6.45, 7) is 8.44. The van der Waals surface area contributed by atoms with Gasteiger partial charge in [-0.05, 0) is 49.1 Å². The highest BCUT2D eigenvalue weighted by atomic mass is 32.2. The van der Waals surface area contributed by atoms with Gasteiger partial charge in [-0.3, -0.25) is 0 Å². The minimum absolute atomic E-state index is 0.0540. The zero-order chi connectivity index (χ0) is 15.6. The van der Waals surface area contributed by atoms with Crippen LogP contribution in [0.25, 0.3) is 0 Å². The molecule has 3 atom stereocenters. The fourth-order valence-corrected chi connectivity index (χ4v) is 5.00. The van der Waals surface area contributed by atoms with Gasteiger partial charge >= 0.3 is 0 Å². The molecule has 0 aromatic heterocycles. The molecule has 1 fully saturated rings. The molecule has 0 heterocycles. The normalized spacial score (nSPS) is 27.0. The van der Waals surface area contributed by atoms with Crippen LogP contribution in [-0.4, -0.2) is 14.5 Å². The van der Waals surface area contributed by atoms with E-state index in [2.05, 4.69) is 25.5 Å². The van der Waals surface area contributed by atoms with Gasteiger partial charge in [0.2, 0.25) is 10.0 Å². The molecule has 1 aromatic carbocycles. The van der Waals surface area contributed by atoms with Crippen LogP contribution in [-0.2, 0) is 10.0 Å². The van der Waals surface area contributed by atoms with E-state index in [1.54, 1.807) is 12.1 Å². The zero-order valence-corrected chi connectivity index (χ0v) is 14.3. The molecule has 1 aliphatic carbocycles. The third-order valence-corrected chi connectivity index (χ3v) is 6.36. The summed E-state index contributed by atoms with van der Waals surface area (Å²) >= 11 is 0. The highest BCUT2D eigenvalue weighted by Gasteiger charge is 2.33. The molecular formula is C17H27NO2S. The zero-order valence-electron chi connectivity index (χ0n) is 13.5. The van der Waals surface area contributed by atoms with E-state index < -0.39 is 10.0 Å². The Morgan fingerprint density at radius 2 is 1.86 bits per heavy atom. The van der Waals surface area contributed by atoms with Gasteiger partial charge in [0.1, 0.15) is 0 Å². The van der Waals surface area contributed by atoms with Gasteiger partial charge in [-0.1, -0.05) is 45.4 Å². The summed E-state index contributed by atoms with van der Waals surface area (Å²) in [5.74, 6) is 1.52. The molecule has 0 spiro atoms. The van der Waals surface area contributed by atoms with E-state index in [1.165, 1.54) is 6.42 Å². The van der Waals surface area contributed by atoms with Gasteiger partial charge in [-0.15, -0.1) is 0 Å². The summed E-state index contributed by atoms with van der Waals surface area (Å²) in [4.78, 5) is 0.408. The van der Waals surface area contributed by atoms with Crippen molar-refractivity contribution >= 4 is 10.0 Å². The average Bonchev–Trinajstić information content (AvgIpc) is 2.38. The van der Waals surface area contributed by atoms with Crippen molar-refractivity contribution < 1.29 is 8.42 Å². The number of nitrogens with one attached hydrogen (secondary N) is 1. The van der Waals surface area contributed by atoms with E-state index in [-0.39, 0.29) is 6.04 Å². The second-order valence-electron chi connectivity index (χ2n) is 6.82. The molecule has 118 valence electrons. The SMILES string of the molecule is Cc1ccccc1S(=O)(=O)NC1CC(C)CCC1C(C)C. The number of rotatable bonds is 4. The summed E-state index contributed by atoms with van der Waals surface area (Å²) in [5, 5.41) is 0. The monoisotopic (exact) mass is 309 g/mol. The molecule has 3 unspecified atom stereocenters. The topological polar surface area (TPSA) is 46.2 Å². The molecule has 0 aliphatic heterocycles.